The second kappa shape index (κ2) is 9.28. The first-order valence-electron chi connectivity index (χ1n) is 10.3. The Morgan fingerprint density at radius 1 is 1.10 bits per heavy atom. The Morgan fingerprint density at radius 3 is 2.61 bits per heavy atom. The SMILES string of the molecule is C/C=C\C=C/C1=CC(=O)N(CC2CN(c3ccc(N4CCOCC4=O)cc3)CO2)C1=O. The van der Waals surface area contributed by atoms with Gasteiger partial charge in [0, 0.05) is 36.1 Å². The zero-order chi connectivity index (χ0) is 21.8. The lowest BCUT2D eigenvalue weighted by atomic mass is 10.2. The summed E-state index contributed by atoms with van der Waals surface area (Å²) >= 11 is 0. The van der Waals surface area contributed by atoms with Gasteiger partial charge in [-0.15, -0.1) is 0 Å². The van der Waals surface area contributed by atoms with Crippen LogP contribution in [0.15, 0.2) is 60.2 Å². The molecule has 1 aromatic carbocycles. The second-order valence-corrected chi connectivity index (χ2v) is 7.49. The minimum Gasteiger partial charge on any atom is -0.370 e. The van der Waals surface area contributed by atoms with Gasteiger partial charge in [-0.1, -0.05) is 18.2 Å². The summed E-state index contributed by atoms with van der Waals surface area (Å²) in [5.74, 6) is -0.656. The maximum Gasteiger partial charge on any atom is 0.261 e. The third kappa shape index (κ3) is 4.60. The van der Waals surface area contributed by atoms with Crippen LogP contribution < -0.4 is 9.80 Å². The molecule has 0 saturated carbocycles. The molecule has 8 nitrogen and oxygen atoms in total. The van der Waals surface area contributed by atoms with Crippen molar-refractivity contribution in [3.8, 4) is 0 Å². The van der Waals surface area contributed by atoms with Gasteiger partial charge in [-0.25, -0.2) is 0 Å². The largest absolute Gasteiger partial charge is 0.370 e. The smallest absolute Gasteiger partial charge is 0.261 e. The van der Waals surface area contributed by atoms with E-state index < -0.39 is 0 Å². The number of carbonyl (C=O) groups is 3. The molecule has 3 amide bonds. The number of amides is 3. The third-order valence-corrected chi connectivity index (χ3v) is 5.41. The van der Waals surface area contributed by atoms with Crippen molar-refractivity contribution in [3.05, 3.63) is 60.2 Å². The lowest BCUT2D eigenvalue weighted by molar-refractivity contribution is -0.138. The Kier molecular flexibility index (Phi) is 6.29. The van der Waals surface area contributed by atoms with E-state index in [-0.39, 0.29) is 37.0 Å². The lowest BCUT2D eigenvalue weighted by Crippen LogP contribution is -2.41. The summed E-state index contributed by atoms with van der Waals surface area (Å²) in [4.78, 5) is 41.7. The van der Waals surface area contributed by atoms with Crippen molar-refractivity contribution in [2.24, 2.45) is 0 Å². The molecule has 3 aliphatic rings. The normalized spacial score (nSPS) is 22.5. The highest BCUT2D eigenvalue weighted by Gasteiger charge is 2.34. The fraction of sp³-hybridized carbons (Fsp3) is 0.348. The fourth-order valence-corrected chi connectivity index (χ4v) is 3.77. The Hall–Kier alpha value is -3.23. The van der Waals surface area contributed by atoms with Crippen LogP contribution in [0.4, 0.5) is 11.4 Å². The van der Waals surface area contributed by atoms with Crippen molar-refractivity contribution in [1.82, 2.24) is 4.90 Å². The van der Waals surface area contributed by atoms with Gasteiger partial charge in [0.05, 0.1) is 19.3 Å². The van der Waals surface area contributed by atoms with Gasteiger partial charge < -0.3 is 19.3 Å². The monoisotopic (exact) mass is 423 g/mol. The molecule has 8 heteroatoms. The Balaban J connectivity index is 1.34. The average molecular weight is 423 g/mol. The molecule has 0 spiro atoms. The van der Waals surface area contributed by atoms with Crippen LogP contribution in [0.25, 0.3) is 0 Å². The first-order chi connectivity index (χ1) is 15.1. The highest BCUT2D eigenvalue weighted by molar-refractivity contribution is 6.17. The minimum absolute atomic E-state index is 0.0444. The van der Waals surface area contributed by atoms with Gasteiger partial charge in [0.25, 0.3) is 17.7 Å². The average Bonchev–Trinajstić information content (AvgIpc) is 3.35. The lowest BCUT2D eigenvalue weighted by Gasteiger charge is -2.27. The molecule has 1 atom stereocenters. The van der Waals surface area contributed by atoms with Gasteiger partial charge >= 0.3 is 0 Å². The molecular formula is C23H25N3O5. The number of nitrogens with zero attached hydrogens (tertiary/aromatic N) is 3. The van der Waals surface area contributed by atoms with E-state index in [4.69, 9.17) is 9.47 Å². The fourth-order valence-electron chi connectivity index (χ4n) is 3.77. The molecule has 4 rings (SSSR count). The van der Waals surface area contributed by atoms with E-state index in [1.54, 1.807) is 23.1 Å². The van der Waals surface area contributed by atoms with Crippen LogP contribution in [-0.2, 0) is 23.9 Å². The number of rotatable bonds is 6. The number of benzene rings is 1. The van der Waals surface area contributed by atoms with E-state index in [0.717, 1.165) is 11.4 Å². The van der Waals surface area contributed by atoms with Gasteiger partial charge in [0.2, 0.25) is 0 Å². The number of ether oxygens (including phenoxy) is 2. The number of anilines is 2. The predicted molar refractivity (Wildman–Crippen MR) is 115 cm³/mol. The third-order valence-electron chi connectivity index (χ3n) is 5.41. The molecule has 3 heterocycles. The summed E-state index contributed by atoms with van der Waals surface area (Å²) < 4.78 is 11.0. The first-order valence-corrected chi connectivity index (χ1v) is 10.3. The van der Waals surface area contributed by atoms with E-state index >= 15 is 0 Å². The summed E-state index contributed by atoms with van der Waals surface area (Å²) in [5, 5.41) is 0. The van der Waals surface area contributed by atoms with Crippen molar-refractivity contribution in [2.45, 2.75) is 13.0 Å². The standard InChI is InChI=1S/C23H25N3O5/c1-2-3-4-5-17-12-21(27)26(23(17)29)14-20-13-24(16-31-20)18-6-8-19(9-7-18)25-10-11-30-15-22(25)28/h2-9,12,20H,10-11,13-16H2,1H3/b3-2-,5-4-. The molecule has 0 bridgehead atoms. The highest BCUT2D eigenvalue weighted by Crippen LogP contribution is 2.25. The predicted octanol–water partition coefficient (Wildman–Crippen LogP) is 1.64. The van der Waals surface area contributed by atoms with Crippen LogP contribution in [-0.4, -0.2) is 68.3 Å². The van der Waals surface area contributed by atoms with Gasteiger partial charge in [0.15, 0.2) is 0 Å². The van der Waals surface area contributed by atoms with E-state index in [9.17, 15) is 14.4 Å². The van der Waals surface area contributed by atoms with Crippen molar-refractivity contribution in [2.75, 3.05) is 49.4 Å². The number of hydrogen-bond acceptors (Lipinski definition) is 6. The van der Waals surface area contributed by atoms with Crippen molar-refractivity contribution in [1.29, 1.82) is 0 Å². The van der Waals surface area contributed by atoms with Gasteiger partial charge in [-0.2, -0.15) is 0 Å². The summed E-state index contributed by atoms with van der Waals surface area (Å²) in [7, 11) is 0. The maximum absolute atomic E-state index is 12.5. The van der Waals surface area contributed by atoms with Gasteiger partial charge in [-0.3, -0.25) is 19.3 Å². The molecule has 2 fully saturated rings. The van der Waals surface area contributed by atoms with Crippen molar-refractivity contribution >= 4 is 29.1 Å². The quantitative estimate of drug-likeness (QED) is 0.511. The molecule has 1 aromatic rings. The van der Waals surface area contributed by atoms with Crippen molar-refractivity contribution in [3.63, 3.8) is 0 Å². The molecule has 3 aliphatic heterocycles. The van der Waals surface area contributed by atoms with Gasteiger partial charge in [0.1, 0.15) is 13.3 Å². The van der Waals surface area contributed by atoms with E-state index in [2.05, 4.69) is 0 Å². The van der Waals surface area contributed by atoms with Gasteiger partial charge in [-0.05, 0) is 37.3 Å². The molecule has 31 heavy (non-hydrogen) atoms. The Labute approximate surface area is 181 Å². The zero-order valence-electron chi connectivity index (χ0n) is 17.4. The topological polar surface area (TPSA) is 79.4 Å². The number of morpholine rings is 1. The van der Waals surface area contributed by atoms with Crippen LogP contribution in [0, 0.1) is 0 Å². The Bertz CT molecular complexity index is 950. The number of imide groups is 1. The summed E-state index contributed by atoms with van der Waals surface area (Å²) in [6.45, 7) is 4.22. The summed E-state index contributed by atoms with van der Waals surface area (Å²) in [5.41, 5.74) is 2.18. The van der Waals surface area contributed by atoms with Crippen LogP contribution >= 0.6 is 0 Å². The molecular weight excluding hydrogens is 398 g/mol. The molecule has 0 N–H and O–H groups in total. The maximum atomic E-state index is 12.5. The minimum atomic E-state index is -0.313. The van der Waals surface area contributed by atoms with Crippen LogP contribution in [0.1, 0.15) is 6.92 Å². The molecule has 162 valence electrons. The zero-order valence-corrected chi connectivity index (χ0v) is 17.4. The van der Waals surface area contributed by atoms with E-state index in [1.807, 2.05) is 42.2 Å². The second-order valence-electron chi connectivity index (χ2n) is 7.49. The molecule has 1 unspecified atom stereocenters. The highest BCUT2D eigenvalue weighted by atomic mass is 16.5. The Morgan fingerprint density at radius 2 is 1.87 bits per heavy atom. The van der Waals surface area contributed by atoms with Crippen LogP contribution in [0.5, 0.6) is 0 Å². The summed E-state index contributed by atoms with van der Waals surface area (Å²) in [6.07, 6.45) is 8.13. The number of hydrogen-bond donors (Lipinski definition) is 0. The molecule has 2 saturated heterocycles. The van der Waals surface area contributed by atoms with Crippen molar-refractivity contribution < 1.29 is 23.9 Å². The number of allylic oxidation sites excluding steroid dienone is 3. The van der Waals surface area contributed by atoms with E-state index in [0.29, 0.717) is 32.0 Å². The summed E-state index contributed by atoms with van der Waals surface area (Å²) in [6, 6.07) is 7.71. The first kappa shape index (κ1) is 21.0. The van der Waals surface area contributed by atoms with Crippen LogP contribution in [0.3, 0.4) is 0 Å². The molecule has 0 aromatic heterocycles. The molecule has 0 radical (unpaired) electrons. The van der Waals surface area contributed by atoms with E-state index in [1.165, 1.54) is 11.0 Å². The number of carbonyl (C=O) groups excluding carboxylic acids is 3. The van der Waals surface area contributed by atoms with Crippen LogP contribution in [0.2, 0.25) is 0 Å². The molecule has 0 aliphatic carbocycles.